The summed E-state index contributed by atoms with van der Waals surface area (Å²) in [6.07, 6.45) is 1.65. The van der Waals surface area contributed by atoms with Gasteiger partial charge >= 0.3 is 0 Å². The van der Waals surface area contributed by atoms with Crippen LogP contribution in [-0.2, 0) is 11.3 Å². The van der Waals surface area contributed by atoms with Crippen LogP contribution in [0.2, 0.25) is 0 Å². The monoisotopic (exact) mass is 269 g/mol. The maximum atomic E-state index is 11.2. The maximum Gasteiger partial charge on any atom is 0.221 e. The van der Waals surface area contributed by atoms with Crippen LogP contribution >= 0.6 is 11.3 Å². The van der Waals surface area contributed by atoms with Gasteiger partial charge in [0.15, 0.2) is 0 Å². The minimum atomic E-state index is 0.139. The van der Waals surface area contributed by atoms with Crippen LogP contribution < -0.4 is 10.6 Å². The Labute approximate surface area is 111 Å². The van der Waals surface area contributed by atoms with Crippen molar-refractivity contribution in [3.63, 3.8) is 0 Å². The van der Waals surface area contributed by atoms with Crippen LogP contribution in [0.1, 0.15) is 24.8 Å². The van der Waals surface area contributed by atoms with Crippen molar-refractivity contribution in [2.45, 2.75) is 26.3 Å². The third kappa shape index (κ3) is 3.92. The minimum absolute atomic E-state index is 0.139. The summed E-state index contributed by atoms with van der Waals surface area (Å²) in [5, 5.41) is 16.3. The summed E-state index contributed by atoms with van der Waals surface area (Å²) in [4.78, 5) is 13.5. The van der Waals surface area contributed by atoms with E-state index in [-0.39, 0.29) is 5.91 Å². The predicted octanol–water partition coefficient (Wildman–Crippen LogP) is 0.682. The molecule has 0 aliphatic carbocycles. The molecule has 1 aliphatic rings. The molecule has 1 aromatic heterocycles. The number of carbonyl (C=O) groups excluding carboxylic acids is 1. The lowest BCUT2D eigenvalue weighted by Gasteiger charge is -2.16. The molecule has 0 saturated carbocycles. The van der Waals surface area contributed by atoms with Crippen LogP contribution in [-0.4, -0.2) is 47.2 Å². The second-order valence-corrected chi connectivity index (χ2v) is 5.37. The van der Waals surface area contributed by atoms with Gasteiger partial charge in [0.2, 0.25) is 11.0 Å². The van der Waals surface area contributed by atoms with E-state index in [9.17, 15) is 4.79 Å². The smallest absolute Gasteiger partial charge is 0.221 e. The van der Waals surface area contributed by atoms with E-state index >= 15 is 0 Å². The molecule has 7 heteroatoms. The van der Waals surface area contributed by atoms with Crippen molar-refractivity contribution >= 4 is 22.4 Å². The summed E-state index contributed by atoms with van der Waals surface area (Å²) in [6.45, 7) is 6.22. The molecule has 0 radical (unpaired) electrons. The Morgan fingerprint density at radius 3 is 3.17 bits per heavy atom. The molecule has 6 nitrogen and oxygen atoms in total. The van der Waals surface area contributed by atoms with Gasteiger partial charge in [-0.3, -0.25) is 9.69 Å². The fourth-order valence-electron chi connectivity index (χ4n) is 1.78. The molecule has 0 aromatic carbocycles. The lowest BCUT2D eigenvalue weighted by Crippen LogP contribution is -2.28. The molecule has 2 heterocycles. The van der Waals surface area contributed by atoms with Crippen molar-refractivity contribution in [1.82, 2.24) is 20.4 Å². The molecule has 1 aliphatic heterocycles. The molecule has 0 bridgehead atoms. The van der Waals surface area contributed by atoms with Crippen LogP contribution in [0.15, 0.2) is 0 Å². The van der Waals surface area contributed by atoms with Crippen LogP contribution in [0.5, 0.6) is 0 Å². The van der Waals surface area contributed by atoms with Crippen molar-refractivity contribution in [1.29, 1.82) is 0 Å². The molecule has 0 atom stereocenters. The highest BCUT2D eigenvalue weighted by Gasteiger charge is 2.15. The molecule has 2 N–H and O–H groups in total. The van der Waals surface area contributed by atoms with Gasteiger partial charge in [0, 0.05) is 32.6 Å². The first kappa shape index (κ1) is 13.2. The Hall–Kier alpha value is -1.21. The van der Waals surface area contributed by atoms with Crippen LogP contribution in [0, 0.1) is 0 Å². The van der Waals surface area contributed by atoms with Gasteiger partial charge in [-0.15, -0.1) is 10.2 Å². The molecule has 1 amide bonds. The van der Waals surface area contributed by atoms with Gasteiger partial charge in [-0.2, -0.15) is 0 Å². The fourth-order valence-corrected chi connectivity index (χ4v) is 2.59. The molecule has 1 saturated heterocycles. The normalized spacial score (nSPS) is 17.3. The summed E-state index contributed by atoms with van der Waals surface area (Å²) in [5.41, 5.74) is 0. The molecule has 1 fully saturated rings. The van der Waals surface area contributed by atoms with Gasteiger partial charge in [-0.1, -0.05) is 18.3 Å². The number of anilines is 1. The van der Waals surface area contributed by atoms with E-state index in [1.165, 1.54) is 0 Å². The first-order valence-corrected chi connectivity index (χ1v) is 7.15. The van der Waals surface area contributed by atoms with Gasteiger partial charge in [0.05, 0.1) is 6.54 Å². The first-order chi connectivity index (χ1) is 8.78. The predicted molar refractivity (Wildman–Crippen MR) is 71.6 cm³/mol. The third-order valence-corrected chi connectivity index (χ3v) is 3.62. The standard InChI is InChI=1S/C11H19N5OS/c1-2-4-13-11-15-14-10(18-11)8-16-6-3-9(17)12-5-7-16/h2-8H2,1H3,(H,12,17)(H,13,15). The Morgan fingerprint density at radius 2 is 2.33 bits per heavy atom. The highest BCUT2D eigenvalue weighted by Crippen LogP contribution is 2.17. The number of carbonyl (C=O) groups is 1. The van der Waals surface area contributed by atoms with Crippen LogP contribution in [0.3, 0.4) is 0 Å². The van der Waals surface area contributed by atoms with E-state index in [1.54, 1.807) is 11.3 Å². The molecule has 0 unspecified atom stereocenters. The van der Waals surface area contributed by atoms with E-state index in [1.807, 2.05) is 0 Å². The SMILES string of the molecule is CCCNc1nnc(CN2CCNC(=O)CC2)s1. The topological polar surface area (TPSA) is 70.2 Å². The average Bonchev–Trinajstić information content (AvgIpc) is 2.70. The Bertz CT molecular complexity index is 395. The molecule has 100 valence electrons. The van der Waals surface area contributed by atoms with E-state index < -0.39 is 0 Å². The first-order valence-electron chi connectivity index (χ1n) is 6.33. The summed E-state index contributed by atoms with van der Waals surface area (Å²) >= 11 is 1.59. The van der Waals surface area contributed by atoms with Crippen molar-refractivity contribution < 1.29 is 4.79 Å². The third-order valence-electron chi connectivity index (χ3n) is 2.76. The molecular formula is C11H19N5OS. The number of amides is 1. The maximum absolute atomic E-state index is 11.2. The Kier molecular flexibility index (Phi) is 4.89. The summed E-state index contributed by atoms with van der Waals surface area (Å²) in [5.74, 6) is 0.139. The zero-order valence-electron chi connectivity index (χ0n) is 10.6. The number of hydrogen-bond acceptors (Lipinski definition) is 6. The van der Waals surface area contributed by atoms with Crippen molar-refractivity contribution in [2.24, 2.45) is 0 Å². The van der Waals surface area contributed by atoms with Crippen LogP contribution in [0.4, 0.5) is 5.13 Å². The van der Waals surface area contributed by atoms with E-state index in [0.29, 0.717) is 6.42 Å². The summed E-state index contributed by atoms with van der Waals surface area (Å²) in [7, 11) is 0. The summed E-state index contributed by atoms with van der Waals surface area (Å²) < 4.78 is 0. The highest BCUT2D eigenvalue weighted by atomic mass is 32.1. The second kappa shape index (κ2) is 6.65. The molecule has 1 aromatic rings. The number of nitrogens with one attached hydrogen (secondary N) is 2. The van der Waals surface area contributed by atoms with Crippen molar-refractivity contribution in [3.05, 3.63) is 5.01 Å². The largest absolute Gasteiger partial charge is 0.360 e. The van der Waals surface area contributed by atoms with Crippen molar-refractivity contribution in [2.75, 3.05) is 31.5 Å². The van der Waals surface area contributed by atoms with E-state index in [2.05, 4.69) is 32.7 Å². The van der Waals surface area contributed by atoms with Crippen molar-refractivity contribution in [3.8, 4) is 0 Å². The Balaban J connectivity index is 1.84. The molecule has 0 spiro atoms. The zero-order valence-corrected chi connectivity index (χ0v) is 11.4. The number of rotatable bonds is 5. The second-order valence-electron chi connectivity index (χ2n) is 4.30. The Morgan fingerprint density at radius 1 is 1.44 bits per heavy atom. The lowest BCUT2D eigenvalue weighted by atomic mass is 10.4. The van der Waals surface area contributed by atoms with Gasteiger partial charge in [0.25, 0.3) is 0 Å². The quantitative estimate of drug-likeness (QED) is 0.822. The minimum Gasteiger partial charge on any atom is -0.360 e. The van der Waals surface area contributed by atoms with E-state index in [0.717, 1.165) is 49.3 Å². The molecule has 18 heavy (non-hydrogen) atoms. The average molecular weight is 269 g/mol. The summed E-state index contributed by atoms with van der Waals surface area (Å²) in [6, 6.07) is 0. The molecular weight excluding hydrogens is 250 g/mol. The highest BCUT2D eigenvalue weighted by molar-refractivity contribution is 7.15. The van der Waals surface area contributed by atoms with Gasteiger partial charge in [0.1, 0.15) is 5.01 Å². The zero-order chi connectivity index (χ0) is 12.8. The van der Waals surface area contributed by atoms with E-state index in [4.69, 9.17) is 0 Å². The fraction of sp³-hybridized carbons (Fsp3) is 0.727. The van der Waals surface area contributed by atoms with Gasteiger partial charge in [-0.05, 0) is 6.42 Å². The van der Waals surface area contributed by atoms with Gasteiger partial charge in [-0.25, -0.2) is 0 Å². The number of aromatic nitrogens is 2. The number of hydrogen-bond donors (Lipinski definition) is 2. The molecule has 2 rings (SSSR count). The number of nitrogens with zero attached hydrogens (tertiary/aromatic N) is 3. The lowest BCUT2D eigenvalue weighted by molar-refractivity contribution is -0.120. The van der Waals surface area contributed by atoms with Crippen LogP contribution in [0.25, 0.3) is 0 Å². The van der Waals surface area contributed by atoms with Gasteiger partial charge < -0.3 is 10.6 Å².